The summed E-state index contributed by atoms with van der Waals surface area (Å²) in [6.45, 7) is 3.80. The van der Waals surface area contributed by atoms with E-state index in [9.17, 15) is 13.6 Å². The van der Waals surface area contributed by atoms with E-state index in [0.29, 0.717) is 16.1 Å². The minimum Gasteiger partial charge on any atom is -0.447 e. The van der Waals surface area contributed by atoms with Crippen LogP contribution in [0.15, 0.2) is 85.5 Å². The largest absolute Gasteiger partial charge is 0.447 e. The zero-order valence-electron chi connectivity index (χ0n) is 25.9. The van der Waals surface area contributed by atoms with Crippen molar-refractivity contribution in [3.05, 3.63) is 136 Å². The number of nitriles is 1. The fourth-order valence-corrected chi connectivity index (χ4v) is 6.71. The zero-order valence-corrected chi connectivity index (χ0v) is 27.4. The first-order valence-corrected chi connectivity index (χ1v) is 16.1. The molecule has 4 aromatic rings. The topological polar surface area (TPSA) is 99.3 Å². The van der Waals surface area contributed by atoms with Gasteiger partial charge in [-0.15, -0.1) is 11.8 Å². The van der Waals surface area contributed by atoms with Crippen LogP contribution in [0, 0.1) is 35.7 Å². The zero-order chi connectivity index (χ0) is 34.3. The summed E-state index contributed by atoms with van der Waals surface area (Å²) >= 11 is 7.65. The predicted molar refractivity (Wildman–Crippen MR) is 175 cm³/mol. The van der Waals surface area contributed by atoms with Crippen LogP contribution >= 0.6 is 23.4 Å². The third-order valence-corrected chi connectivity index (χ3v) is 9.60. The fraction of sp³-hybridized carbons (Fsp3) is 0.257. The molecule has 13 heteroatoms. The Kier molecular flexibility index (Phi) is 11.4. The maximum Gasteiger partial charge on any atom is 0.339 e. The molecule has 0 N–H and O–H groups in total. The number of allylic oxidation sites excluding steroid dienone is 2. The van der Waals surface area contributed by atoms with Gasteiger partial charge in [0.15, 0.2) is 11.9 Å². The second-order valence-corrected chi connectivity index (χ2v) is 13.0. The third kappa shape index (κ3) is 8.17. The number of thioether (sulfide) groups is 1. The molecule has 1 saturated heterocycles. The number of hydrogen-bond acceptors (Lipinski definition) is 8. The van der Waals surface area contributed by atoms with Gasteiger partial charge in [-0.25, -0.2) is 27.6 Å². The van der Waals surface area contributed by atoms with Crippen molar-refractivity contribution in [3.8, 4) is 6.07 Å². The number of nitrogens with zero attached hydrogens (tertiary/aromatic N) is 4. The lowest BCUT2D eigenvalue weighted by atomic mass is 9.89. The molecule has 1 aliphatic heterocycles. The molecule has 0 radical (unpaired) electrons. The van der Waals surface area contributed by atoms with Gasteiger partial charge in [-0.2, -0.15) is 10.4 Å². The molecule has 248 valence electrons. The highest BCUT2D eigenvalue weighted by Gasteiger charge is 2.47. The number of ether oxygens (including phenoxy) is 3. The van der Waals surface area contributed by atoms with Crippen molar-refractivity contribution in [2.24, 2.45) is 0 Å². The molecule has 5 rings (SSSR count). The Morgan fingerprint density at radius 3 is 2.65 bits per heavy atom. The highest BCUT2D eigenvalue weighted by atomic mass is 35.5. The van der Waals surface area contributed by atoms with Crippen molar-refractivity contribution in [2.75, 3.05) is 13.2 Å². The Hall–Kier alpha value is -4.41. The number of benzene rings is 3. The minimum atomic E-state index is -1.70. The molecule has 2 heterocycles. The van der Waals surface area contributed by atoms with Gasteiger partial charge < -0.3 is 14.2 Å². The van der Waals surface area contributed by atoms with E-state index in [-0.39, 0.29) is 41.7 Å². The van der Waals surface area contributed by atoms with E-state index in [1.807, 2.05) is 6.07 Å². The first-order chi connectivity index (χ1) is 23.1. The Balaban J connectivity index is 1.35. The van der Waals surface area contributed by atoms with E-state index in [0.717, 1.165) is 12.1 Å². The lowest BCUT2D eigenvalue weighted by Crippen LogP contribution is -2.47. The summed E-state index contributed by atoms with van der Waals surface area (Å²) in [6.07, 6.45) is 8.57. The minimum absolute atomic E-state index is 0.0450. The predicted octanol–water partition coefficient (Wildman–Crippen LogP) is 7.41. The molecule has 0 bridgehead atoms. The normalized spacial score (nSPS) is 18.4. The second kappa shape index (κ2) is 15.7. The van der Waals surface area contributed by atoms with Gasteiger partial charge in [0, 0.05) is 27.5 Å². The maximum absolute atomic E-state index is 15.7. The molecule has 3 aromatic carbocycles. The molecule has 0 aliphatic carbocycles. The van der Waals surface area contributed by atoms with E-state index < -0.39 is 40.6 Å². The SMILES string of the molecule is Cc1c(Cl)cccc1C(=O)O[C@@](Cn1cncn1)(c1ccc(F)cc1F)[C@@H](C)SC1COC(/C=C/C=C/c2ccc(C#N)cc2F)OC1. The highest BCUT2D eigenvalue weighted by Crippen LogP contribution is 2.42. The molecular weight excluding hydrogens is 665 g/mol. The van der Waals surface area contributed by atoms with E-state index in [1.54, 1.807) is 56.4 Å². The van der Waals surface area contributed by atoms with Crippen LogP contribution in [0.2, 0.25) is 5.02 Å². The molecule has 8 nitrogen and oxygen atoms in total. The van der Waals surface area contributed by atoms with Crippen molar-refractivity contribution >= 4 is 35.4 Å². The lowest BCUT2D eigenvalue weighted by molar-refractivity contribution is -0.146. The molecule has 1 aliphatic rings. The number of carbonyl (C=O) groups is 1. The number of halogens is 4. The highest BCUT2D eigenvalue weighted by molar-refractivity contribution is 8.00. The van der Waals surface area contributed by atoms with Crippen LogP contribution in [0.1, 0.15) is 39.5 Å². The fourth-order valence-electron chi connectivity index (χ4n) is 5.17. The van der Waals surface area contributed by atoms with Gasteiger partial charge in [-0.05, 0) is 61.9 Å². The standard InChI is InChI=1S/C35H30ClF3N4O4S/c1-22-28(7-5-8-30(22)36)34(44)47-35(19-43-21-41-20-42-43,29-13-12-26(37)15-32(29)39)23(2)48-27-17-45-33(46-18-27)9-4-3-6-25-11-10-24(16-40)14-31(25)38/h3-15,20-21,23,27,33H,17-19H2,1-2H3/b6-3+,9-4+/t23-,27?,33?,35-/m1/s1. The summed E-state index contributed by atoms with van der Waals surface area (Å²) in [6, 6.07) is 14.1. The van der Waals surface area contributed by atoms with Gasteiger partial charge in [-0.1, -0.05) is 42.0 Å². The van der Waals surface area contributed by atoms with Crippen LogP contribution < -0.4 is 0 Å². The van der Waals surface area contributed by atoms with Crippen molar-refractivity contribution in [1.29, 1.82) is 5.26 Å². The number of aromatic nitrogens is 3. The van der Waals surface area contributed by atoms with Crippen LogP contribution in [-0.4, -0.2) is 50.7 Å². The van der Waals surface area contributed by atoms with E-state index in [2.05, 4.69) is 10.1 Å². The van der Waals surface area contributed by atoms with Crippen molar-refractivity contribution in [2.45, 2.75) is 42.8 Å². The van der Waals surface area contributed by atoms with Crippen LogP contribution in [0.4, 0.5) is 13.2 Å². The molecule has 48 heavy (non-hydrogen) atoms. The van der Waals surface area contributed by atoms with Gasteiger partial charge in [-0.3, -0.25) is 0 Å². The Bertz CT molecular complexity index is 1860. The molecule has 0 spiro atoms. The molecule has 2 atom stereocenters. The smallest absolute Gasteiger partial charge is 0.339 e. The van der Waals surface area contributed by atoms with Crippen LogP contribution in [0.25, 0.3) is 6.08 Å². The molecule has 0 amide bonds. The van der Waals surface area contributed by atoms with Crippen molar-refractivity contribution in [3.63, 3.8) is 0 Å². The summed E-state index contributed by atoms with van der Waals surface area (Å²) in [4.78, 5) is 17.8. The Morgan fingerprint density at radius 2 is 1.96 bits per heavy atom. The van der Waals surface area contributed by atoms with Crippen LogP contribution in [0.3, 0.4) is 0 Å². The van der Waals surface area contributed by atoms with Crippen molar-refractivity contribution in [1.82, 2.24) is 14.8 Å². The van der Waals surface area contributed by atoms with Gasteiger partial charge >= 0.3 is 5.97 Å². The van der Waals surface area contributed by atoms with Crippen LogP contribution in [0.5, 0.6) is 0 Å². The first kappa shape index (κ1) is 34.9. The van der Waals surface area contributed by atoms with E-state index in [4.69, 9.17) is 31.1 Å². The van der Waals surface area contributed by atoms with E-state index in [1.165, 1.54) is 53.4 Å². The summed E-state index contributed by atoms with van der Waals surface area (Å²) in [5.74, 6) is -2.94. The third-order valence-electron chi connectivity index (χ3n) is 7.74. The maximum atomic E-state index is 15.7. The van der Waals surface area contributed by atoms with Crippen molar-refractivity contribution < 1.29 is 32.2 Å². The monoisotopic (exact) mass is 694 g/mol. The molecule has 0 saturated carbocycles. The Morgan fingerprint density at radius 1 is 1.17 bits per heavy atom. The van der Waals surface area contributed by atoms with Gasteiger partial charge in [0.05, 0.1) is 42.2 Å². The molecule has 1 fully saturated rings. The first-order valence-electron chi connectivity index (χ1n) is 14.8. The van der Waals surface area contributed by atoms with Gasteiger partial charge in [0.2, 0.25) is 0 Å². The number of esters is 1. The second-order valence-electron chi connectivity index (χ2n) is 10.9. The van der Waals surface area contributed by atoms with Crippen LogP contribution in [-0.2, 0) is 26.4 Å². The van der Waals surface area contributed by atoms with Gasteiger partial charge in [0.1, 0.15) is 30.1 Å². The van der Waals surface area contributed by atoms with E-state index >= 15 is 4.39 Å². The average molecular weight is 695 g/mol. The summed E-state index contributed by atoms with van der Waals surface area (Å²) in [5.41, 5.74) is -0.503. The Labute approximate surface area is 284 Å². The molecular formula is C35H30ClF3N4O4S. The summed E-state index contributed by atoms with van der Waals surface area (Å²) in [5, 5.41) is 12.5. The quantitative estimate of drug-likeness (QED) is 0.118. The molecule has 0 unspecified atom stereocenters. The number of rotatable bonds is 11. The van der Waals surface area contributed by atoms with Gasteiger partial charge in [0.25, 0.3) is 0 Å². The lowest BCUT2D eigenvalue weighted by Gasteiger charge is -2.40. The number of carbonyl (C=O) groups excluding carboxylic acids is 1. The summed E-state index contributed by atoms with van der Waals surface area (Å²) in [7, 11) is 0. The number of hydrogen-bond donors (Lipinski definition) is 0. The average Bonchev–Trinajstić information content (AvgIpc) is 3.58. The molecule has 1 aromatic heterocycles. The summed E-state index contributed by atoms with van der Waals surface area (Å²) < 4.78 is 63.4.